The minimum atomic E-state index is -3.03. The summed E-state index contributed by atoms with van der Waals surface area (Å²) in [4.78, 5) is 10.8. The van der Waals surface area contributed by atoms with Gasteiger partial charge in [0, 0.05) is 11.6 Å². The third-order valence-electron chi connectivity index (χ3n) is 1.68. The first kappa shape index (κ1) is 12.4. The molecule has 6 heteroatoms. The number of halogens is 3. The molecule has 16 heavy (non-hydrogen) atoms. The van der Waals surface area contributed by atoms with E-state index in [0.29, 0.717) is 0 Å². The molecule has 2 nitrogen and oxygen atoms in total. The van der Waals surface area contributed by atoms with Crippen molar-refractivity contribution >= 4 is 19.0 Å². The highest BCUT2D eigenvalue weighted by Gasteiger charge is 2.20. The summed E-state index contributed by atoms with van der Waals surface area (Å²) in [5.74, 6) is -1.20. The van der Waals surface area contributed by atoms with Crippen LogP contribution < -0.4 is 0 Å². The van der Waals surface area contributed by atoms with Crippen molar-refractivity contribution in [3.8, 4) is 0 Å². The maximum Gasteiger partial charge on any atom is 0.796 e. The van der Waals surface area contributed by atoms with E-state index in [2.05, 4.69) is 4.65 Å². The van der Waals surface area contributed by atoms with Crippen molar-refractivity contribution in [2.75, 3.05) is 0 Å². The molecule has 0 saturated carbocycles. The summed E-state index contributed by atoms with van der Waals surface area (Å²) in [6.07, 6.45) is 0.930. The van der Waals surface area contributed by atoms with Gasteiger partial charge < -0.3 is 4.65 Å². The van der Waals surface area contributed by atoms with E-state index in [9.17, 15) is 17.8 Å². The summed E-state index contributed by atoms with van der Waals surface area (Å²) in [7, 11) is -3.03. The quantitative estimate of drug-likeness (QED) is 0.449. The van der Waals surface area contributed by atoms with Crippen molar-refractivity contribution in [3.05, 3.63) is 41.7 Å². The molecule has 0 fully saturated rings. The highest BCUT2D eigenvalue weighted by Crippen LogP contribution is 2.18. The van der Waals surface area contributed by atoms with Crippen LogP contribution in [0.2, 0.25) is 0 Å². The van der Waals surface area contributed by atoms with Gasteiger partial charge in [0.2, 0.25) is 0 Å². The van der Waals surface area contributed by atoms with Gasteiger partial charge in [0.25, 0.3) is 0 Å². The molecule has 0 spiro atoms. The zero-order valence-corrected chi connectivity index (χ0v) is 8.41. The summed E-state index contributed by atoms with van der Waals surface area (Å²) in [5.41, 5.74) is 0.219. The lowest BCUT2D eigenvalue weighted by Crippen LogP contribution is -2.05. The van der Waals surface area contributed by atoms with Crippen LogP contribution >= 0.6 is 0 Å². The summed E-state index contributed by atoms with van der Waals surface area (Å²) < 4.78 is 40.9. The highest BCUT2D eigenvalue weighted by atomic mass is 19.2. The SMILES string of the molecule is CC(=O)C=C(OB(F)F)c1ccc(F)cc1. The van der Waals surface area contributed by atoms with Gasteiger partial charge in [-0.1, -0.05) is 0 Å². The van der Waals surface area contributed by atoms with Crippen molar-refractivity contribution in [3.63, 3.8) is 0 Å². The first-order chi connectivity index (χ1) is 7.49. The number of allylic oxidation sites excluding steroid dienone is 1. The van der Waals surface area contributed by atoms with Gasteiger partial charge in [0.05, 0.1) is 0 Å². The molecular formula is C10H8BF3O2. The van der Waals surface area contributed by atoms with E-state index < -0.39 is 19.1 Å². The van der Waals surface area contributed by atoms with Crippen LogP contribution in [0.25, 0.3) is 5.76 Å². The fourth-order valence-electron chi connectivity index (χ4n) is 1.08. The summed E-state index contributed by atoms with van der Waals surface area (Å²) in [5, 5.41) is 0. The zero-order valence-electron chi connectivity index (χ0n) is 8.41. The van der Waals surface area contributed by atoms with Gasteiger partial charge in [0.15, 0.2) is 5.78 Å². The number of carbonyl (C=O) groups is 1. The highest BCUT2D eigenvalue weighted by molar-refractivity contribution is 6.36. The van der Waals surface area contributed by atoms with Crippen molar-refractivity contribution in [2.24, 2.45) is 0 Å². The number of ketones is 1. The second-order valence-corrected chi connectivity index (χ2v) is 3.00. The predicted molar refractivity (Wildman–Crippen MR) is 54.1 cm³/mol. The van der Waals surface area contributed by atoms with Crippen LogP contribution in [0.3, 0.4) is 0 Å². The van der Waals surface area contributed by atoms with E-state index in [1.165, 1.54) is 19.1 Å². The fraction of sp³-hybridized carbons (Fsp3) is 0.100. The van der Waals surface area contributed by atoms with Gasteiger partial charge in [0.1, 0.15) is 11.6 Å². The summed E-state index contributed by atoms with van der Waals surface area (Å²) in [6, 6.07) is 4.70. The van der Waals surface area contributed by atoms with Crippen LogP contribution in [-0.2, 0) is 9.45 Å². The average Bonchev–Trinajstić information content (AvgIpc) is 2.16. The lowest BCUT2D eigenvalue weighted by atomic mass is 10.1. The molecule has 0 bridgehead atoms. The molecule has 0 N–H and O–H groups in total. The topological polar surface area (TPSA) is 26.3 Å². The Labute approximate surface area is 90.9 Å². The molecule has 0 radical (unpaired) electrons. The van der Waals surface area contributed by atoms with Gasteiger partial charge >= 0.3 is 7.47 Å². The Kier molecular flexibility index (Phi) is 4.16. The Morgan fingerprint density at radius 2 is 1.88 bits per heavy atom. The molecule has 0 saturated heterocycles. The molecule has 0 aliphatic carbocycles. The smallest absolute Gasteiger partial charge is 0.505 e. The first-order valence-electron chi connectivity index (χ1n) is 4.42. The van der Waals surface area contributed by atoms with Crippen LogP contribution in [-0.4, -0.2) is 13.3 Å². The van der Waals surface area contributed by atoms with Crippen LogP contribution in [0.5, 0.6) is 0 Å². The Balaban J connectivity index is 3.01. The molecule has 0 amide bonds. The molecule has 84 valence electrons. The Morgan fingerprint density at radius 1 is 1.31 bits per heavy atom. The van der Waals surface area contributed by atoms with Crippen molar-refractivity contribution in [1.29, 1.82) is 0 Å². The summed E-state index contributed by atoms with van der Waals surface area (Å²) in [6.45, 7) is 1.21. The standard InChI is InChI=1S/C10H8BF3O2/c1-7(15)6-10(16-11(13)14)8-2-4-9(12)5-3-8/h2-6H,1H3. The van der Waals surface area contributed by atoms with Crippen LogP contribution in [0.4, 0.5) is 13.0 Å². The number of benzene rings is 1. The number of rotatable bonds is 4. The molecule has 1 aromatic rings. The normalized spacial score (nSPS) is 11.1. The monoisotopic (exact) mass is 228 g/mol. The Morgan fingerprint density at radius 3 is 2.31 bits per heavy atom. The van der Waals surface area contributed by atoms with Crippen LogP contribution in [0.1, 0.15) is 12.5 Å². The van der Waals surface area contributed by atoms with Crippen molar-refractivity contribution < 1.29 is 22.5 Å². The molecular weight excluding hydrogens is 220 g/mol. The van der Waals surface area contributed by atoms with E-state index in [4.69, 9.17) is 0 Å². The fourth-order valence-corrected chi connectivity index (χ4v) is 1.08. The second-order valence-electron chi connectivity index (χ2n) is 3.00. The molecule has 0 heterocycles. The predicted octanol–water partition coefficient (Wildman–Crippen LogP) is 2.70. The molecule has 1 rings (SSSR count). The van der Waals surface area contributed by atoms with E-state index in [1.54, 1.807) is 0 Å². The largest absolute Gasteiger partial charge is 0.796 e. The Bertz CT molecular complexity index is 401. The molecule has 0 unspecified atom stereocenters. The van der Waals surface area contributed by atoms with Gasteiger partial charge in [-0.2, -0.15) is 0 Å². The lowest BCUT2D eigenvalue weighted by Gasteiger charge is -2.07. The minimum Gasteiger partial charge on any atom is -0.505 e. The van der Waals surface area contributed by atoms with Gasteiger partial charge in [-0.05, 0) is 31.2 Å². The van der Waals surface area contributed by atoms with Crippen molar-refractivity contribution in [1.82, 2.24) is 0 Å². The minimum absolute atomic E-state index is 0.219. The lowest BCUT2D eigenvalue weighted by molar-refractivity contribution is -0.112. The number of carbonyl (C=O) groups excluding carboxylic acids is 1. The van der Waals surface area contributed by atoms with Crippen LogP contribution in [0, 0.1) is 5.82 Å². The Hall–Kier alpha value is -1.72. The van der Waals surface area contributed by atoms with Gasteiger partial charge in [-0.15, -0.1) is 0 Å². The third kappa shape index (κ3) is 3.80. The molecule has 0 aliphatic rings. The second kappa shape index (κ2) is 5.39. The number of hydrogen-bond acceptors (Lipinski definition) is 2. The van der Waals surface area contributed by atoms with Crippen molar-refractivity contribution in [2.45, 2.75) is 6.92 Å². The number of hydrogen-bond donors (Lipinski definition) is 0. The average molecular weight is 228 g/mol. The van der Waals surface area contributed by atoms with Gasteiger partial charge in [-0.3, -0.25) is 4.79 Å². The molecule has 1 aromatic carbocycles. The van der Waals surface area contributed by atoms with E-state index in [0.717, 1.165) is 18.2 Å². The van der Waals surface area contributed by atoms with Crippen LogP contribution in [0.15, 0.2) is 30.3 Å². The summed E-state index contributed by atoms with van der Waals surface area (Å²) >= 11 is 0. The maximum atomic E-state index is 12.6. The van der Waals surface area contributed by atoms with Gasteiger partial charge in [-0.25, -0.2) is 13.0 Å². The molecule has 0 atom stereocenters. The maximum absolute atomic E-state index is 12.6. The molecule has 0 aromatic heterocycles. The van der Waals surface area contributed by atoms with E-state index >= 15 is 0 Å². The third-order valence-corrected chi connectivity index (χ3v) is 1.68. The van der Waals surface area contributed by atoms with E-state index in [1.807, 2.05) is 0 Å². The van der Waals surface area contributed by atoms with E-state index in [-0.39, 0.29) is 11.3 Å². The zero-order chi connectivity index (χ0) is 12.1. The molecule has 0 aliphatic heterocycles. The first-order valence-corrected chi connectivity index (χ1v) is 4.42.